The summed E-state index contributed by atoms with van der Waals surface area (Å²) in [6.07, 6.45) is -4.77. The first-order chi connectivity index (χ1) is 19.5. The molecule has 226 valence electrons. The molecule has 3 rings (SSSR count). The summed E-state index contributed by atoms with van der Waals surface area (Å²) in [5, 5.41) is 11.3. The fourth-order valence-electron chi connectivity index (χ4n) is 4.96. The Morgan fingerprint density at radius 3 is 1.81 bits per heavy atom. The van der Waals surface area contributed by atoms with E-state index < -0.39 is 71.5 Å². The number of carbonyl (C=O) groups is 5. The second-order valence-electron chi connectivity index (χ2n) is 11.1. The van der Waals surface area contributed by atoms with Crippen molar-refractivity contribution < 1.29 is 42.3 Å². The van der Waals surface area contributed by atoms with E-state index >= 15 is 0 Å². The van der Waals surface area contributed by atoms with Crippen LogP contribution in [0, 0.1) is 11.8 Å². The highest BCUT2D eigenvalue weighted by molar-refractivity contribution is 6.16. The number of carboxylic acid groups (broad SMARTS) is 1. The molecule has 0 bridgehead atoms. The van der Waals surface area contributed by atoms with E-state index in [9.17, 15) is 42.3 Å². The molecule has 0 saturated heterocycles. The van der Waals surface area contributed by atoms with Gasteiger partial charge in [-0.2, -0.15) is 13.2 Å². The Kier molecular flexibility index (Phi) is 9.93. The number of carboxylic acids is 1. The Bertz CT molecular complexity index is 1330. The molecule has 2 amide bonds. The van der Waals surface area contributed by atoms with E-state index in [1.807, 2.05) is 12.1 Å². The molecule has 2 aromatic rings. The van der Waals surface area contributed by atoms with Crippen LogP contribution < -0.4 is 11.1 Å². The molecular weight excluding hydrogens is 555 g/mol. The van der Waals surface area contributed by atoms with Crippen LogP contribution in [0.25, 0.3) is 0 Å². The van der Waals surface area contributed by atoms with Gasteiger partial charge in [-0.1, -0.05) is 64.1 Å². The molecule has 2 unspecified atom stereocenters. The third kappa shape index (κ3) is 7.04. The third-order valence-electron chi connectivity index (χ3n) is 7.40. The van der Waals surface area contributed by atoms with Crippen molar-refractivity contribution in [3.8, 4) is 0 Å². The molecule has 4 N–H and O–H groups in total. The van der Waals surface area contributed by atoms with E-state index in [0.29, 0.717) is 0 Å². The first kappa shape index (κ1) is 32.5. The van der Waals surface area contributed by atoms with Gasteiger partial charge in [-0.15, -0.1) is 0 Å². The van der Waals surface area contributed by atoms with Crippen molar-refractivity contribution in [1.82, 2.24) is 10.2 Å². The number of alkyl halides is 3. The molecule has 0 aromatic heterocycles. The highest BCUT2D eigenvalue weighted by atomic mass is 19.4. The number of Topliss-reactive ketones (excluding diaryl/α,β-unsaturated/α-hetero) is 2. The molecule has 0 radical (unpaired) electrons. The average Bonchev–Trinajstić information content (AvgIpc) is 3.36. The maximum Gasteiger partial charge on any atom is 0.452 e. The summed E-state index contributed by atoms with van der Waals surface area (Å²) in [5.41, 5.74) is 7.64. The summed E-state index contributed by atoms with van der Waals surface area (Å²) in [5.74, 6) is -7.91. The lowest BCUT2D eigenvalue weighted by atomic mass is 9.94. The number of amides is 2. The maximum atomic E-state index is 14.0. The second-order valence-corrected chi connectivity index (χ2v) is 11.1. The Hall–Kier alpha value is -4.06. The lowest BCUT2D eigenvalue weighted by Crippen LogP contribution is -2.63. The number of carbonyl (C=O) groups excluding carboxylic acids is 4. The predicted molar refractivity (Wildman–Crippen MR) is 147 cm³/mol. The van der Waals surface area contributed by atoms with Crippen molar-refractivity contribution in [3.05, 3.63) is 70.8 Å². The Balaban J connectivity index is 2.15. The lowest BCUT2D eigenvalue weighted by molar-refractivity contribution is -0.175. The van der Waals surface area contributed by atoms with E-state index in [1.165, 1.54) is 13.8 Å². The van der Waals surface area contributed by atoms with Crippen LogP contribution in [0.3, 0.4) is 0 Å². The number of fused-ring (bicyclic) bond motifs is 1. The Morgan fingerprint density at radius 2 is 1.38 bits per heavy atom. The summed E-state index contributed by atoms with van der Waals surface area (Å²) in [6.45, 7) is 5.95. The molecule has 2 aromatic carbocycles. The van der Waals surface area contributed by atoms with Gasteiger partial charge in [0, 0.05) is 11.6 Å². The number of aromatic carboxylic acids is 1. The SMILES string of the molecule is CC(C)C(NC(=O)C(C(=O)c1ccc(C(=O)O)cc1)N(C(=O)[C@@H](N)C(C)C)C1Cc2ccccc2C1)C(=O)C(F)(F)F. The van der Waals surface area contributed by atoms with Crippen molar-refractivity contribution in [1.29, 1.82) is 0 Å². The summed E-state index contributed by atoms with van der Waals surface area (Å²) in [4.78, 5) is 66.4. The van der Waals surface area contributed by atoms with Gasteiger partial charge < -0.3 is 21.1 Å². The molecule has 3 atom stereocenters. The van der Waals surface area contributed by atoms with Gasteiger partial charge in [0.15, 0.2) is 11.8 Å². The molecule has 0 saturated carbocycles. The van der Waals surface area contributed by atoms with Gasteiger partial charge in [-0.05, 0) is 47.9 Å². The Morgan fingerprint density at radius 1 is 0.881 bits per heavy atom. The second kappa shape index (κ2) is 12.8. The molecule has 42 heavy (non-hydrogen) atoms. The minimum Gasteiger partial charge on any atom is -0.478 e. The zero-order chi connectivity index (χ0) is 31.5. The average molecular weight is 590 g/mol. The van der Waals surface area contributed by atoms with Gasteiger partial charge in [0.25, 0.3) is 11.7 Å². The first-order valence-corrected chi connectivity index (χ1v) is 13.5. The van der Waals surface area contributed by atoms with Crippen LogP contribution in [0.15, 0.2) is 48.5 Å². The van der Waals surface area contributed by atoms with Crippen LogP contribution >= 0.6 is 0 Å². The Labute approximate surface area is 241 Å². The minimum absolute atomic E-state index is 0.149. The fourth-order valence-corrected chi connectivity index (χ4v) is 4.96. The van der Waals surface area contributed by atoms with Crippen molar-refractivity contribution in [2.24, 2.45) is 17.6 Å². The molecule has 12 heteroatoms. The van der Waals surface area contributed by atoms with Gasteiger partial charge in [-0.3, -0.25) is 19.2 Å². The molecular formula is C30H34F3N3O6. The summed E-state index contributed by atoms with van der Waals surface area (Å²) in [6, 6.07) is 5.87. The standard InChI is InChI=1S/C30H34F3N3O6/c1-15(2)22(34)28(40)36(21-13-19-7-5-6-8-20(19)14-21)24(25(37)17-9-11-18(12-10-17)29(41)42)27(39)35-23(16(3)4)26(38)30(31,32)33/h5-12,15-16,21-24H,13-14,34H2,1-4H3,(H,35,39)(H,41,42)/t22-,23?,24?/m0/s1. The predicted octanol–water partition coefficient (Wildman–Crippen LogP) is 3.19. The van der Waals surface area contributed by atoms with Gasteiger partial charge in [0.1, 0.15) is 0 Å². The molecule has 0 heterocycles. The number of ketones is 2. The quantitative estimate of drug-likeness (QED) is 0.269. The lowest BCUT2D eigenvalue weighted by Gasteiger charge is -2.38. The molecule has 1 aliphatic rings. The fraction of sp³-hybridized carbons (Fsp3) is 0.433. The highest BCUT2D eigenvalue weighted by Gasteiger charge is 2.48. The summed E-state index contributed by atoms with van der Waals surface area (Å²) in [7, 11) is 0. The number of halogens is 3. The van der Waals surface area contributed by atoms with Gasteiger partial charge in [0.2, 0.25) is 5.91 Å². The minimum atomic E-state index is -5.27. The van der Waals surface area contributed by atoms with Crippen molar-refractivity contribution >= 4 is 29.4 Å². The van der Waals surface area contributed by atoms with Gasteiger partial charge >= 0.3 is 12.1 Å². The van der Waals surface area contributed by atoms with E-state index in [0.717, 1.165) is 40.3 Å². The number of nitrogens with one attached hydrogen (secondary N) is 1. The van der Waals surface area contributed by atoms with E-state index in [2.05, 4.69) is 5.32 Å². The number of rotatable bonds is 11. The van der Waals surface area contributed by atoms with Gasteiger partial charge in [0.05, 0.1) is 17.6 Å². The van der Waals surface area contributed by atoms with E-state index in [-0.39, 0.29) is 24.0 Å². The van der Waals surface area contributed by atoms with Crippen LogP contribution in [0.5, 0.6) is 0 Å². The summed E-state index contributed by atoms with van der Waals surface area (Å²) < 4.78 is 40.3. The number of nitrogens with two attached hydrogens (primary N) is 1. The largest absolute Gasteiger partial charge is 0.478 e. The smallest absolute Gasteiger partial charge is 0.452 e. The van der Waals surface area contributed by atoms with Crippen LogP contribution in [-0.2, 0) is 27.2 Å². The number of hydrogen-bond acceptors (Lipinski definition) is 6. The number of benzene rings is 2. The van der Waals surface area contributed by atoms with E-state index in [4.69, 9.17) is 5.73 Å². The number of hydrogen-bond donors (Lipinski definition) is 3. The zero-order valence-corrected chi connectivity index (χ0v) is 23.6. The first-order valence-electron chi connectivity index (χ1n) is 13.5. The van der Waals surface area contributed by atoms with Crippen LogP contribution in [0.4, 0.5) is 13.2 Å². The van der Waals surface area contributed by atoms with Crippen molar-refractivity contribution in [2.75, 3.05) is 0 Å². The normalized spacial score (nSPS) is 15.6. The molecule has 0 spiro atoms. The monoisotopic (exact) mass is 589 g/mol. The van der Waals surface area contributed by atoms with Crippen LogP contribution in [0.1, 0.15) is 59.5 Å². The summed E-state index contributed by atoms with van der Waals surface area (Å²) >= 11 is 0. The zero-order valence-electron chi connectivity index (χ0n) is 23.6. The van der Waals surface area contributed by atoms with E-state index in [1.54, 1.807) is 26.0 Å². The van der Waals surface area contributed by atoms with Crippen molar-refractivity contribution in [3.63, 3.8) is 0 Å². The highest BCUT2D eigenvalue weighted by Crippen LogP contribution is 2.29. The molecule has 9 nitrogen and oxygen atoms in total. The van der Waals surface area contributed by atoms with Crippen LogP contribution in [-0.4, -0.2) is 69.7 Å². The molecule has 0 fully saturated rings. The van der Waals surface area contributed by atoms with Crippen LogP contribution in [0.2, 0.25) is 0 Å². The molecule has 1 aliphatic carbocycles. The van der Waals surface area contributed by atoms with Crippen molar-refractivity contribution in [2.45, 2.75) is 70.9 Å². The van der Waals surface area contributed by atoms with Gasteiger partial charge in [-0.25, -0.2) is 4.79 Å². The number of nitrogens with zero attached hydrogens (tertiary/aromatic N) is 1. The molecule has 0 aliphatic heterocycles. The topological polar surface area (TPSA) is 147 Å². The maximum absolute atomic E-state index is 14.0. The third-order valence-corrected chi connectivity index (χ3v) is 7.40.